The third-order valence-corrected chi connectivity index (χ3v) is 3.07. The first kappa shape index (κ1) is 15.1. The lowest BCUT2D eigenvalue weighted by atomic mass is 10.1. The van der Waals surface area contributed by atoms with Gasteiger partial charge in [0.1, 0.15) is 5.75 Å². The topological polar surface area (TPSA) is 64.3 Å². The number of rotatable bonds is 5. The third kappa shape index (κ3) is 4.33. The molecule has 0 fully saturated rings. The highest BCUT2D eigenvalue weighted by Crippen LogP contribution is 2.23. The monoisotopic (exact) mass is 284 g/mol. The van der Waals surface area contributed by atoms with Gasteiger partial charge >= 0.3 is 0 Å². The molecule has 21 heavy (non-hydrogen) atoms. The molecule has 2 aromatic rings. The van der Waals surface area contributed by atoms with Crippen molar-refractivity contribution in [3.8, 4) is 5.75 Å². The van der Waals surface area contributed by atoms with E-state index in [1.165, 1.54) is 0 Å². The van der Waals surface area contributed by atoms with Crippen LogP contribution in [0.3, 0.4) is 0 Å². The van der Waals surface area contributed by atoms with Gasteiger partial charge in [-0.15, -0.1) is 0 Å². The van der Waals surface area contributed by atoms with Gasteiger partial charge in [0, 0.05) is 17.3 Å². The molecule has 1 amide bonds. The molecule has 0 aliphatic rings. The van der Waals surface area contributed by atoms with Crippen LogP contribution < -0.4 is 15.8 Å². The molecular formula is C17H20N2O2. The minimum absolute atomic E-state index is 0.0440. The first-order chi connectivity index (χ1) is 10.1. The Labute approximate surface area is 124 Å². The van der Waals surface area contributed by atoms with Gasteiger partial charge in [0.25, 0.3) is 5.91 Å². The zero-order chi connectivity index (χ0) is 15.2. The number of carbonyl (C=O) groups is 1. The zero-order valence-corrected chi connectivity index (χ0v) is 12.3. The van der Waals surface area contributed by atoms with Crippen LogP contribution in [0.4, 0.5) is 5.69 Å². The van der Waals surface area contributed by atoms with Crippen LogP contribution in [0.25, 0.3) is 0 Å². The molecule has 1 atom stereocenters. The predicted molar refractivity (Wildman–Crippen MR) is 84.3 cm³/mol. The normalized spacial score (nSPS) is 11.8. The largest absolute Gasteiger partial charge is 0.483 e. The molecule has 0 heterocycles. The van der Waals surface area contributed by atoms with E-state index in [2.05, 4.69) is 5.32 Å². The quantitative estimate of drug-likeness (QED) is 0.887. The van der Waals surface area contributed by atoms with E-state index in [9.17, 15) is 4.79 Å². The van der Waals surface area contributed by atoms with Crippen LogP contribution in [0.1, 0.15) is 24.1 Å². The number of nitrogens with one attached hydrogen (secondary N) is 1. The van der Waals surface area contributed by atoms with E-state index < -0.39 is 0 Å². The fourth-order valence-corrected chi connectivity index (χ4v) is 2.05. The highest BCUT2D eigenvalue weighted by atomic mass is 16.5. The summed E-state index contributed by atoms with van der Waals surface area (Å²) in [6.07, 6.45) is 0. The lowest BCUT2D eigenvalue weighted by Crippen LogP contribution is -2.21. The first-order valence-corrected chi connectivity index (χ1v) is 6.90. The maximum Gasteiger partial charge on any atom is 0.262 e. The number of carbonyl (C=O) groups excluding carboxylic acids is 1. The summed E-state index contributed by atoms with van der Waals surface area (Å²) in [6, 6.07) is 15.0. The fraction of sp³-hybridized carbons (Fsp3) is 0.235. The van der Waals surface area contributed by atoms with Crippen LogP contribution in [-0.4, -0.2) is 12.5 Å². The van der Waals surface area contributed by atoms with Crippen LogP contribution in [-0.2, 0) is 4.79 Å². The van der Waals surface area contributed by atoms with Crippen molar-refractivity contribution in [3.05, 3.63) is 59.7 Å². The molecule has 0 unspecified atom stereocenters. The average Bonchev–Trinajstić information content (AvgIpc) is 2.45. The number of aryl methyl sites for hydroxylation is 1. The summed E-state index contributed by atoms with van der Waals surface area (Å²) in [5.74, 6) is 0.451. The minimum atomic E-state index is -0.194. The van der Waals surface area contributed by atoms with E-state index in [-0.39, 0.29) is 18.6 Å². The van der Waals surface area contributed by atoms with Crippen molar-refractivity contribution in [3.63, 3.8) is 0 Å². The van der Waals surface area contributed by atoms with Crippen molar-refractivity contribution in [1.29, 1.82) is 0 Å². The SMILES string of the molecule is Cc1cccc(NC(=O)COc2ccccc2[C@H](C)N)c1. The van der Waals surface area contributed by atoms with Gasteiger partial charge in [0.2, 0.25) is 0 Å². The number of para-hydroxylation sites is 1. The predicted octanol–water partition coefficient (Wildman–Crippen LogP) is 3.03. The van der Waals surface area contributed by atoms with Crippen molar-refractivity contribution >= 4 is 11.6 Å². The van der Waals surface area contributed by atoms with Gasteiger partial charge in [0.15, 0.2) is 6.61 Å². The molecule has 2 rings (SSSR count). The maximum atomic E-state index is 11.9. The van der Waals surface area contributed by atoms with Crippen molar-refractivity contribution in [2.75, 3.05) is 11.9 Å². The van der Waals surface area contributed by atoms with E-state index >= 15 is 0 Å². The number of amides is 1. The summed E-state index contributed by atoms with van der Waals surface area (Å²) in [5.41, 5.74) is 8.63. The smallest absolute Gasteiger partial charge is 0.262 e. The van der Waals surface area contributed by atoms with E-state index in [0.29, 0.717) is 5.75 Å². The second-order valence-electron chi connectivity index (χ2n) is 5.03. The molecule has 2 aromatic carbocycles. The summed E-state index contributed by atoms with van der Waals surface area (Å²) >= 11 is 0. The molecule has 0 spiro atoms. The Morgan fingerprint density at radius 1 is 1.24 bits per heavy atom. The Morgan fingerprint density at radius 2 is 2.00 bits per heavy atom. The second-order valence-corrected chi connectivity index (χ2v) is 5.03. The molecule has 0 aromatic heterocycles. The van der Waals surface area contributed by atoms with Crippen LogP contribution in [0.15, 0.2) is 48.5 Å². The molecule has 4 heteroatoms. The number of anilines is 1. The molecule has 0 aliphatic heterocycles. The number of nitrogens with two attached hydrogens (primary N) is 1. The van der Waals surface area contributed by atoms with Crippen molar-refractivity contribution < 1.29 is 9.53 Å². The van der Waals surface area contributed by atoms with Crippen molar-refractivity contribution in [1.82, 2.24) is 0 Å². The lowest BCUT2D eigenvalue weighted by Gasteiger charge is -2.13. The molecule has 0 saturated carbocycles. The minimum Gasteiger partial charge on any atom is -0.483 e. The van der Waals surface area contributed by atoms with Crippen LogP contribution in [0.2, 0.25) is 0 Å². The summed E-state index contributed by atoms with van der Waals surface area (Å²) in [5, 5.41) is 2.81. The van der Waals surface area contributed by atoms with Crippen molar-refractivity contribution in [2.45, 2.75) is 19.9 Å². The molecule has 3 N–H and O–H groups in total. The van der Waals surface area contributed by atoms with E-state index in [0.717, 1.165) is 16.8 Å². The zero-order valence-electron chi connectivity index (χ0n) is 12.3. The Kier molecular flexibility index (Phi) is 4.95. The van der Waals surface area contributed by atoms with Gasteiger partial charge in [-0.25, -0.2) is 0 Å². The Balaban J connectivity index is 1.95. The van der Waals surface area contributed by atoms with Crippen molar-refractivity contribution in [2.24, 2.45) is 5.73 Å². The van der Waals surface area contributed by atoms with E-state index in [1.54, 1.807) is 0 Å². The van der Waals surface area contributed by atoms with Gasteiger partial charge in [-0.3, -0.25) is 4.79 Å². The number of ether oxygens (including phenoxy) is 1. The number of benzene rings is 2. The first-order valence-electron chi connectivity index (χ1n) is 6.90. The molecule has 0 bridgehead atoms. The maximum absolute atomic E-state index is 11.9. The summed E-state index contributed by atoms with van der Waals surface area (Å²) in [6.45, 7) is 3.82. The molecule has 0 radical (unpaired) electrons. The van der Waals surface area contributed by atoms with Crippen LogP contribution in [0, 0.1) is 6.92 Å². The summed E-state index contributed by atoms with van der Waals surface area (Å²) in [4.78, 5) is 11.9. The third-order valence-electron chi connectivity index (χ3n) is 3.07. The van der Waals surface area contributed by atoms with Crippen LogP contribution >= 0.6 is 0 Å². The second kappa shape index (κ2) is 6.90. The summed E-state index contributed by atoms with van der Waals surface area (Å²) in [7, 11) is 0. The lowest BCUT2D eigenvalue weighted by molar-refractivity contribution is -0.118. The Morgan fingerprint density at radius 3 is 2.71 bits per heavy atom. The van der Waals surface area contributed by atoms with Gasteiger partial charge in [-0.2, -0.15) is 0 Å². The molecule has 0 saturated heterocycles. The highest BCUT2D eigenvalue weighted by molar-refractivity contribution is 5.91. The average molecular weight is 284 g/mol. The van der Waals surface area contributed by atoms with Gasteiger partial charge in [0.05, 0.1) is 0 Å². The van der Waals surface area contributed by atoms with Gasteiger partial charge in [-0.05, 0) is 37.6 Å². The Bertz CT molecular complexity index is 624. The van der Waals surface area contributed by atoms with Gasteiger partial charge < -0.3 is 15.8 Å². The van der Waals surface area contributed by atoms with E-state index in [1.807, 2.05) is 62.4 Å². The highest BCUT2D eigenvalue weighted by Gasteiger charge is 2.09. The molecule has 4 nitrogen and oxygen atoms in total. The standard InChI is InChI=1S/C17H20N2O2/c1-12-6-5-7-14(10-12)19-17(20)11-21-16-9-4-3-8-15(16)13(2)18/h3-10,13H,11,18H2,1-2H3,(H,19,20)/t13-/m0/s1. The summed E-state index contributed by atoms with van der Waals surface area (Å²) < 4.78 is 5.57. The van der Waals surface area contributed by atoms with E-state index in [4.69, 9.17) is 10.5 Å². The van der Waals surface area contributed by atoms with Gasteiger partial charge in [-0.1, -0.05) is 30.3 Å². The fourth-order valence-electron chi connectivity index (χ4n) is 2.05. The molecule has 110 valence electrons. The molecule has 0 aliphatic carbocycles. The number of hydrogen-bond acceptors (Lipinski definition) is 3. The number of hydrogen-bond donors (Lipinski definition) is 2. The Hall–Kier alpha value is -2.33. The van der Waals surface area contributed by atoms with Crippen LogP contribution in [0.5, 0.6) is 5.75 Å². The molecular weight excluding hydrogens is 264 g/mol.